The molecule has 0 spiro atoms. The van der Waals surface area contributed by atoms with Crippen molar-refractivity contribution in [2.45, 2.75) is 77.2 Å². The molecule has 0 radical (unpaired) electrons. The highest BCUT2D eigenvalue weighted by Crippen LogP contribution is 2.37. The minimum absolute atomic E-state index is 0.0109. The van der Waals surface area contributed by atoms with Crippen molar-refractivity contribution in [3.63, 3.8) is 0 Å². The van der Waals surface area contributed by atoms with Crippen LogP contribution in [0.15, 0.2) is 24.4 Å². The molecule has 0 aliphatic carbocycles. The van der Waals surface area contributed by atoms with Gasteiger partial charge in [0, 0.05) is 18.0 Å². The summed E-state index contributed by atoms with van der Waals surface area (Å²) < 4.78 is 36.1. The summed E-state index contributed by atoms with van der Waals surface area (Å²) >= 11 is 0. The average molecular weight is 421 g/mol. The number of aliphatic hydroxyl groups is 1. The number of halogens is 2. The maximum Gasteiger partial charge on any atom is 0.408 e. The van der Waals surface area contributed by atoms with Gasteiger partial charge in [-0.05, 0) is 59.6 Å². The van der Waals surface area contributed by atoms with E-state index in [0.29, 0.717) is 24.4 Å². The van der Waals surface area contributed by atoms with Gasteiger partial charge in [-0.2, -0.15) is 0 Å². The van der Waals surface area contributed by atoms with Gasteiger partial charge in [-0.25, -0.2) is 18.6 Å². The smallest absolute Gasteiger partial charge is 0.408 e. The lowest BCUT2D eigenvalue weighted by Gasteiger charge is -2.24. The van der Waals surface area contributed by atoms with Gasteiger partial charge in [0.05, 0.1) is 17.9 Å². The molecule has 0 saturated heterocycles. The molecule has 0 unspecified atom stereocenters. The molecule has 30 heavy (non-hydrogen) atoms. The fourth-order valence-corrected chi connectivity index (χ4v) is 3.88. The number of fused-ring (bicyclic) bond motifs is 1. The summed E-state index contributed by atoms with van der Waals surface area (Å²) in [6.45, 7) is 8.78. The van der Waals surface area contributed by atoms with Crippen LogP contribution in [-0.2, 0) is 16.9 Å². The van der Waals surface area contributed by atoms with Gasteiger partial charge < -0.3 is 19.7 Å². The van der Waals surface area contributed by atoms with Crippen LogP contribution in [0.3, 0.4) is 0 Å². The molecule has 1 amide bonds. The number of nitrogens with one attached hydrogen (secondary N) is 1. The van der Waals surface area contributed by atoms with Crippen molar-refractivity contribution in [2.75, 3.05) is 0 Å². The standard InChI is InChI=1S/C22H29F2N3O3/c1-21(2,3)30-20(28)26-16-10-9-13(18-14(23)7-6-8-15(18)24)12-27-17(22(4,5)29)11-25-19(16)27/h6-8,11,13,16,29H,9-10,12H2,1-5H3,(H,26,28)/t13-,16-/m1/s1. The molecule has 0 bridgehead atoms. The van der Waals surface area contributed by atoms with Crippen LogP contribution in [0.1, 0.15) is 76.5 Å². The van der Waals surface area contributed by atoms with Crippen molar-refractivity contribution >= 4 is 6.09 Å². The van der Waals surface area contributed by atoms with Crippen LogP contribution >= 0.6 is 0 Å². The molecular weight excluding hydrogens is 392 g/mol. The first-order chi connectivity index (χ1) is 13.9. The number of carbonyl (C=O) groups excluding carboxylic acids is 1. The number of hydrogen-bond acceptors (Lipinski definition) is 4. The Morgan fingerprint density at radius 1 is 1.20 bits per heavy atom. The number of aromatic nitrogens is 2. The molecule has 2 heterocycles. The minimum atomic E-state index is -1.22. The topological polar surface area (TPSA) is 76.4 Å². The molecule has 0 fully saturated rings. The van der Waals surface area contributed by atoms with Crippen molar-refractivity contribution in [3.05, 3.63) is 53.1 Å². The van der Waals surface area contributed by atoms with E-state index >= 15 is 0 Å². The number of alkyl carbamates (subject to hydrolysis) is 1. The monoisotopic (exact) mass is 421 g/mol. The van der Waals surface area contributed by atoms with Crippen LogP contribution in [-0.4, -0.2) is 26.4 Å². The molecule has 2 aromatic rings. The first-order valence-corrected chi connectivity index (χ1v) is 10.1. The van der Waals surface area contributed by atoms with E-state index in [2.05, 4.69) is 10.3 Å². The van der Waals surface area contributed by atoms with Gasteiger partial charge in [-0.15, -0.1) is 0 Å². The van der Waals surface area contributed by atoms with Gasteiger partial charge in [0.15, 0.2) is 0 Å². The number of imidazole rings is 1. The normalized spacial score (nSPS) is 19.7. The summed E-state index contributed by atoms with van der Waals surface area (Å²) in [5.74, 6) is -1.17. The summed E-state index contributed by atoms with van der Waals surface area (Å²) in [5.41, 5.74) is -1.36. The van der Waals surface area contributed by atoms with Crippen molar-refractivity contribution in [1.82, 2.24) is 14.9 Å². The summed E-state index contributed by atoms with van der Waals surface area (Å²) in [5, 5.41) is 13.4. The molecule has 1 aliphatic heterocycles. The number of nitrogens with zero attached hydrogens (tertiary/aromatic N) is 2. The number of carbonyl (C=O) groups is 1. The molecule has 1 aromatic heterocycles. The Morgan fingerprint density at radius 3 is 2.40 bits per heavy atom. The first kappa shape index (κ1) is 22.2. The number of benzene rings is 1. The Morgan fingerprint density at radius 2 is 1.83 bits per heavy atom. The molecule has 2 N–H and O–H groups in total. The van der Waals surface area contributed by atoms with Crippen molar-refractivity contribution in [2.24, 2.45) is 0 Å². The summed E-state index contributed by atoms with van der Waals surface area (Å²) in [6, 6.07) is 3.30. The average Bonchev–Trinajstić information content (AvgIpc) is 2.93. The molecule has 1 aromatic carbocycles. The lowest BCUT2D eigenvalue weighted by Crippen LogP contribution is -2.35. The van der Waals surface area contributed by atoms with Crippen LogP contribution in [0.25, 0.3) is 0 Å². The molecule has 0 saturated carbocycles. The largest absolute Gasteiger partial charge is 0.444 e. The van der Waals surface area contributed by atoms with E-state index in [0.717, 1.165) is 0 Å². The third-order valence-corrected chi connectivity index (χ3v) is 5.13. The molecule has 164 valence electrons. The second kappa shape index (κ2) is 7.98. The Kier molecular flexibility index (Phi) is 5.91. The van der Waals surface area contributed by atoms with Crippen molar-refractivity contribution in [3.8, 4) is 0 Å². The van der Waals surface area contributed by atoms with Gasteiger partial charge in [0.1, 0.15) is 28.7 Å². The van der Waals surface area contributed by atoms with E-state index in [1.807, 2.05) is 0 Å². The quantitative estimate of drug-likeness (QED) is 0.763. The highest BCUT2D eigenvalue weighted by atomic mass is 19.1. The van der Waals surface area contributed by atoms with Gasteiger partial charge in [0.2, 0.25) is 0 Å². The zero-order chi connectivity index (χ0) is 22.3. The molecule has 3 rings (SSSR count). The van der Waals surface area contributed by atoms with E-state index < -0.39 is 40.9 Å². The summed E-state index contributed by atoms with van der Waals surface area (Å²) in [7, 11) is 0. The maximum atomic E-state index is 14.5. The lowest BCUT2D eigenvalue weighted by atomic mass is 9.92. The SMILES string of the molecule is CC(C)(C)OC(=O)N[C@@H]1CC[C@@H](c2c(F)cccc2F)Cn2c(C(C)(C)O)cnc21. The third kappa shape index (κ3) is 4.80. The van der Waals surface area contributed by atoms with E-state index in [9.17, 15) is 18.7 Å². The zero-order valence-electron chi connectivity index (χ0n) is 18.0. The Bertz CT molecular complexity index is 908. The fraction of sp³-hybridized carbons (Fsp3) is 0.545. The van der Waals surface area contributed by atoms with Crippen molar-refractivity contribution < 1.29 is 23.4 Å². The van der Waals surface area contributed by atoms with E-state index in [4.69, 9.17) is 4.74 Å². The molecule has 8 heteroatoms. The number of hydrogen-bond donors (Lipinski definition) is 2. The summed E-state index contributed by atoms with van der Waals surface area (Å²) in [4.78, 5) is 16.8. The second-order valence-corrected chi connectivity index (χ2v) is 9.28. The Balaban J connectivity index is 1.99. The van der Waals surface area contributed by atoms with Gasteiger partial charge >= 0.3 is 6.09 Å². The van der Waals surface area contributed by atoms with Gasteiger partial charge in [-0.1, -0.05) is 6.07 Å². The van der Waals surface area contributed by atoms with E-state index in [1.165, 1.54) is 18.2 Å². The van der Waals surface area contributed by atoms with E-state index in [1.54, 1.807) is 45.4 Å². The van der Waals surface area contributed by atoms with Gasteiger partial charge in [0.25, 0.3) is 0 Å². The number of rotatable bonds is 3. The predicted octanol–water partition coefficient (Wildman–Crippen LogP) is 4.53. The highest BCUT2D eigenvalue weighted by Gasteiger charge is 2.34. The van der Waals surface area contributed by atoms with Crippen molar-refractivity contribution in [1.29, 1.82) is 0 Å². The maximum absolute atomic E-state index is 14.5. The van der Waals surface area contributed by atoms with Crippen LogP contribution in [0.4, 0.5) is 13.6 Å². The van der Waals surface area contributed by atoms with Crippen LogP contribution in [0, 0.1) is 11.6 Å². The zero-order valence-corrected chi connectivity index (χ0v) is 18.0. The molecular formula is C22H29F2N3O3. The lowest BCUT2D eigenvalue weighted by molar-refractivity contribution is 0.0498. The van der Waals surface area contributed by atoms with Crippen LogP contribution in [0.2, 0.25) is 0 Å². The fourth-order valence-electron chi connectivity index (χ4n) is 3.88. The summed E-state index contributed by atoms with van der Waals surface area (Å²) in [6.07, 6.45) is 1.79. The number of ether oxygens (including phenoxy) is 1. The van der Waals surface area contributed by atoms with E-state index in [-0.39, 0.29) is 12.1 Å². The second-order valence-electron chi connectivity index (χ2n) is 9.28. The first-order valence-electron chi connectivity index (χ1n) is 10.1. The predicted molar refractivity (Wildman–Crippen MR) is 108 cm³/mol. The van der Waals surface area contributed by atoms with Gasteiger partial charge in [-0.3, -0.25) is 0 Å². The molecule has 2 atom stereocenters. The number of amides is 1. The third-order valence-electron chi connectivity index (χ3n) is 5.13. The molecule has 1 aliphatic rings. The highest BCUT2D eigenvalue weighted by molar-refractivity contribution is 5.68. The Labute approximate surface area is 175 Å². The minimum Gasteiger partial charge on any atom is -0.444 e. The Hall–Kier alpha value is -2.48. The van der Waals surface area contributed by atoms with Crippen LogP contribution < -0.4 is 5.32 Å². The van der Waals surface area contributed by atoms with Crippen LogP contribution in [0.5, 0.6) is 0 Å². The molecule has 6 nitrogen and oxygen atoms in total.